The number of nitrogens with zero attached hydrogens (tertiary/aromatic N) is 4. The van der Waals surface area contributed by atoms with Crippen LogP contribution in [0.1, 0.15) is 18.3 Å². The van der Waals surface area contributed by atoms with E-state index in [-0.39, 0.29) is 5.88 Å². The molecule has 5 heteroatoms. The lowest BCUT2D eigenvalue weighted by Crippen LogP contribution is -2.01. The number of hydrogen-bond donors (Lipinski definition) is 1. The predicted molar refractivity (Wildman–Crippen MR) is 76.5 cm³/mol. The van der Waals surface area contributed by atoms with Gasteiger partial charge in [0.05, 0.1) is 6.33 Å². The van der Waals surface area contributed by atoms with Crippen LogP contribution in [0.5, 0.6) is 5.88 Å². The molecular weight excluding hydrogens is 252 g/mol. The van der Waals surface area contributed by atoms with Gasteiger partial charge in [-0.1, -0.05) is 37.3 Å². The zero-order valence-corrected chi connectivity index (χ0v) is 11.3. The number of hydrogen-bond acceptors (Lipinski definition) is 4. The summed E-state index contributed by atoms with van der Waals surface area (Å²) in [4.78, 5) is 12.7. The average Bonchev–Trinajstić information content (AvgIpc) is 2.89. The summed E-state index contributed by atoms with van der Waals surface area (Å²) in [6.45, 7) is 2.69. The number of aryl methyl sites for hydroxylation is 3. The molecule has 3 rings (SSSR count). The molecule has 0 bridgehead atoms. The first kappa shape index (κ1) is 12.6. The Morgan fingerprint density at radius 1 is 1.15 bits per heavy atom. The van der Waals surface area contributed by atoms with Crippen LogP contribution in [-0.2, 0) is 19.4 Å². The van der Waals surface area contributed by atoms with E-state index in [2.05, 4.69) is 27.1 Å². The standard InChI is InChI=1S/C15H16N4O/c1-2-12-17-14-13(15(20)18-12)19(10-16-14)9-8-11-6-4-3-5-7-11/h3-7,10H,2,8-9H2,1H3,(H,17,18,20). The van der Waals surface area contributed by atoms with Crippen LogP contribution in [0.25, 0.3) is 11.2 Å². The van der Waals surface area contributed by atoms with E-state index in [0.717, 1.165) is 13.0 Å². The lowest BCUT2D eigenvalue weighted by Gasteiger charge is -2.05. The first-order valence-corrected chi connectivity index (χ1v) is 6.72. The molecule has 0 aliphatic heterocycles. The van der Waals surface area contributed by atoms with E-state index in [4.69, 9.17) is 0 Å². The van der Waals surface area contributed by atoms with Crippen LogP contribution in [0.2, 0.25) is 0 Å². The van der Waals surface area contributed by atoms with E-state index >= 15 is 0 Å². The topological polar surface area (TPSA) is 63.8 Å². The molecule has 3 aromatic rings. The van der Waals surface area contributed by atoms with Crippen molar-refractivity contribution >= 4 is 11.2 Å². The molecule has 0 saturated carbocycles. The van der Waals surface area contributed by atoms with Crippen LogP contribution in [0, 0.1) is 0 Å². The van der Waals surface area contributed by atoms with Gasteiger partial charge in [0.2, 0.25) is 5.88 Å². The zero-order valence-electron chi connectivity index (χ0n) is 11.3. The van der Waals surface area contributed by atoms with E-state index in [1.807, 2.05) is 29.7 Å². The molecular formula is C15H16N4O. The van der Waals surface area contributed by atoms with Crippen LogP contribution in [0.4, 0.5) is 0 Å². The molecule has 0 saturated heterocycles. The Balaban J connectivity index is 1.89. The molecule has 5 nitrogen and oxygen atoms in total. The Bertz CT molecular complexity index is 721. The molecule has 0 radical (unpaired) electrons. The molecule has 102 valence electrons. The number of aromatic hydroxyl groups is 1. The molecule has 1 N–H and O–H groups in total. The van der Waals surface area contributed by atoms with Crippen LogP contribution in [0.15, 0.2) is 36.7 Å². The number of imidazole rings is 1. The monoisotopic (exact) mass is 268 g/mol. The second kappa shape index (κ2) is 5.28. The summed E-state index contributed by atoms with van der Waals surface area (Å²) >= 11 is 0. The van der Waals surface area contributed by atoms with E-state index in [0.29, 0.717) is 23.4 Å². The minimum absolute atomic E-state index is 0.0115. The van der Waals surface area contributed by atoms with Gasteiger partial charge in [-0.3, -0.25) is 0 Å². The van der Waals surface area contributed by atoms with Gasteiger partial charge < -0.3 is 9.67 Å². The van der Waals surface area contributed by atoms with E-state index in [1.54, 1.807) is 6.33 Å². The third kappa shape index (κ3) is 2.34. The first-order chi connectivity index (χ1) is 9.78. The van der Waals surface area contributed by atoms with E-state index < -0.39 is 0 Å². The van der Waals surface area contributed by atoms with Crippen molar-refractivity contribution in [3.8, 4) is 5.88 Å². The van der Waals surface area contributed by atoms with Crippen LogP contribution in [0.3, 0.4) is 0 Å². The summed E-state index contributed by atoms with van der Waals surface area (Å²) in [6.07, 6.45) is 3.27. The fourth-order valence-corrected chi connectivity index (χ4v) is 2.23. The fourth-order valence-electron chi connectivity index (χ4n) is 2.23. The van der Waals surface area contributed by atoms with E-state index in [9.17, 15) is 5.11 Å². The number of aromatic nitrogens is 4. The summed E-state index contributed by atoms with van der Waals surface area (Å²) in [6, 6.07) is 10.2. The summed E-state index contributed by atoms with van der Waals surface area (Å²) in [5, 5.41) is 10.0. The normalized spacial score (nSPS) is 11.1. The van der Waals surface area contributed by atoms with Gasteiger partial charge >= 0.3 is 0 Å². The minimum Gasteiger partial charge on any atom is -0.492 e. The maximum absolute atomic E-state index is 10.0. The van der Waals surface area contributed by atoms with Crippen LogP contribution < -0.4 is 0 Å². The third-order valence-corrected chi connectivity index (χ3v) is 3.30. The molecule has 0 unspecified atom stereocenters. The highest BCUT2D eigenvalue weighted by Gasteiger charge is 2.12. The van der Waals surface area contributed by atoms with Crippen molar-refractivity contribution in [1.82, 2.24) is 19.5 Å². The number of rotatable bonds is 4. The Hall–Kier alpha value is -2.43. The number of fused-ring (bicyclic) bond motifs is 1. The summed E-state index contributed by atoms with van der Waals surface area (Å²) in [7, 11) is 0. The van der Waals surface area contributed by atoms with Crippen molar-refractivity contribution in [2.45, 2.75) is 26.3 Å². The van der Waals surface area contributed by atoms with Crippen molar-refractivity contribution < 1.29 is 5.11 Å². The van der Waals surface area contributed by atoms with Crippen LogP contribution >= 0.6 is 0 Å². The molecule has 20 heavy (non-hydrogen) atoms. The van der Waals surface area contributed by atoms with Crippen molar-refractivity contribution in [2.75, 3.05) is 0 Å². The lowest BCUT2D eigenvalue weighted by molar-refractivity contribution is 0.452. The first-order valence-electron chi connectivity index (χ1n) is 6.72. The second-order valence-corrected chi connectivity index (χ2v) is 4.66. The smallest absolute Gasteiger partial charge is 0.241 e. The lowest BCUT2D eigenvalue weighted by atomic mass is 10.1. The molecule has 2 heterocycles. The zero-order chi connectivity index (χ0) is 13.9. The van der Waals surface area contributed by atoms with Gasteiger partial charge in [0.1, 0.15) is 5.82 Å². The maximum atomic E-state index is 10.0. The van der Waals surface area contributed by atoms with Crippen molar-refractivity contribution in [3.63, 3.8) is 0 Å². The van der Waals surface area contributed by atoms with Gasteiger partial charge in [-0.15, -0.1) is 0 Å². The van der Waals surface area contributed by atoms with Crippen molar-refractivity contribution in [3.05, 3.63) is 48.0 Å². The summed E-state index contributed by atoms with van der Waals surface area (Å²) in [5.74, 6) is 0.626. The van der Waals surface area contributed by atoms with Gasteiger partial charge in [0, 0.05) is 13.0 Å². The highest BCUT2D eigenvalue weighted by molar-refractivity contribution is 5.76. The summed E-state index contributed by atoms with van der Waals surface area (Å²) in [5.41, 5.74) is 2.42. The Kier molecular flexibility index (Phi) is 3.33. The molecule has 0 atom stereocenters. The van der Waals surface area contributed by atoms with Gasteiger partial charge in [-0.2, -0.15) is 4.98 Å². The third-order valence-electron chi connectivity index (χ3n) is 3.30. The Morgan fingerprint density at radius 3 is 2.70 bits per heavy atom. The largest absolute Gasteiger partial charge is 0.492 e. The minimum atomic E-state index is 0.0115. The van der Waals surface area contributed by atoms with Crippen molar-refractivity contribution in [2.24, 2.45) is 0 Å². The maximum Gasteiger partial charge on any atom is 0.241 e. The number of benzene rings is 1. The molecule has 2 aromatic heterocycles. The Morgan fingerprint density at radius 2 is 1.95 bits per heavy atom. The highest BCUT2D eigenvalue weighted by atomic mass is 16.3. The van der Waals surface area contributed by atoms with Gasteiger partial charge in [-0.25, -0.2) is 9.97 Å². The summed E-state index contributed by atoms with van der Waals surface area (Å²) < 4.78 is 1.90. The molecule has 0 amide bonds. The van der Waals surface area contributed by atoms with Gasteiger partial charge in [0.25, 0.3) is 0 Å². The fraction of sp³-hybridized carbons (Fsp3) is 0.267. The molecule has 0 spiro atoms. The van der Waals surface area contributed by atoms with Crippen LogP contribution in [-0.4, -0.2) is 24.6 Å². The molecule has 0 fully saturated rings. The Labute approximate surface area is 117 Å². The van der Waals surface area contributed by atoms with Crippen molar-refractivity contribution in [1.29, 1.82) is 0 Å². The highest BCUT2D eigenvalue weighted by Crippen LogP contribution is 2.21. The van der Waals surface area contributed by atoms with E-state index in [1.165, 1.54) is 5.56 Å². The SMILES string of the molecule is CCc1nc(O)c2c(ncn2CCc2ccccc2)n1. The molecule has 0 aliphatic rings. The van der Waals surface area contributed by atoms with Gasteiger partial charge in [0.15, 0.2) is 11.2 Å². The van der Waals surface area contributed by atoms with Gasteiger partial charge in [-0.05, 0) is 12.0 Å². The average molecular weight is 268 g/mol. The molecule has 1 aromatic carbocycles. The quantitative estimate of drug-likeness (QED) is 0.788. The molecule has 0 aliphatic carbocycles. The predicted octanol–water partition coefficient (Wildman–Crippen LogP) is 2.34. The second-order valence-electron chi connectivity index (χ2n) is 4.66.